The molecule has 0 aliphatic rings. The van der Waals surface area contributed by atoms with Crippen molar-refractivity contribution < 1.29 is 9.18 Å². The smallest absolute Gasteiger partial charge is 0.150 e. The highest BCUT2D eigenvalue weighted by molar-refractivity contribution is 5.79. The van der Waals surface area contributed by atoms with Crippen molar-refractivity contribution >= 4 is 6.29 Å². The summed E-state index contributed by atoms with van der Waals surface area (Å²) in [7, 11) is 0. The summed E-state index contributed by atoms with van der Waals surface area (Å²) < 4.78 is 13.8. The predicted molar refractivity (Wildman–Crippen MR) is 71.2 cm³/mol. The number of benzene rings is 2. The molecule has 1 nitrogen and oxygen atoms in total. The predicted octanol–water partition coefficient (Wildman–Crippen LogP) is 4.26. The lowest BCUT2D eigenvalue weighted by molar-refractivity contribution is 0.112. The molecule has 18 heavy (non-hydrogen) atoms. The van der Waals surface area contributed by atoms with Crippen molar-refractivity contribution in [3.63, 3.8) is 0 Å². The molecule has 0 amide bonds. The first-order valence-electron chi connectivity index (χ1n) is 6.08. The van der Waals surface area contributed by atoms with Gasteiger partial charge in [-0.05, 0) is 35.7 Å². The fourth-order valence-corrected chi connectivity index (χ4v) is 2.02. The fourth-order valence-electron chi connectivity index (χ4n) is 2.02. The van der Waals surface area contributed by atoms with Gasteiger partial charge in [0.2, 0.25) is 0 Å². The number of rotatable bonds is 4. The summed E-state index contributed by atoms with van der Waals surface area (Å²) in [6.45, 7) is 2.11. The fraction of sp³-hybridized carbons (Fsp3) is 0.188. The van der Waals surface area contributed by atoms with Gasteiger partial charge in [-0.25, -0.2) is 4.39 Å². The molecule has 0 bridgehead atoms. The third-order valence-corrected chi connectivity index (χ3v) is 2.90. The average molecular weight is 242 g/mol. The average Bonchev–Trinajstić information content (AvgIpc) is 2.40. The first kappa shape index (κ1) is 12.5. The Bertz CT molecular complexity index is 561. The monoisotopic (exact) mass is 242 g/mol. The largest absolute Gasteiger partial charge is 0.298 e. The topological polar surface area (TPSA) is 17.1 Å². The van der Waals surface area contributed by atoms with E-state index in [1.807, 2.05) is 24.3 Å². The molecule has 0 aromatic heterocycles. The third kappa shape index (κ3) is 2.65. The van der Waals surface area contributed by atoms with Gasteiger partial charge in [0.15, 0.2) is 0 Å². The maximum absolute atomic E-state index is 13.8. The Morgan fingerprint density at radius 1 is 1.17 bits per heavy atom. The molecule has 0 atom stereocenters. The van der Waals surface area contributed by atoms with E-state index < -0.39 is 0 Å². The van der Waals surface area contributed by atoms with Crippen LogP contribution in [0.5, 0.6) is 0 Å². The van der Waals surface area contributed by atoms with Crippen LogP contribution in [0, 0.1) is 5.82 Å². The molecule has 2 rings (SSSR count). The molecule has 0 N–H and O–H groups in total. The Morgan fingerprint density at radius 3 is 2.72 bits per heavy atom. The zero-order chi connectivity index (χ0) is 13.0. The van der Waals surface area contributed by atoms with Crippen LogP contribution in [-0.4, -0.2) is 6.29 Å². The van der Waals surface area contributed by atoms with E-state index in [4.69, 9.17) is 0 Å². The van der Waals surface area contributed by atoms with Crippen LogP contribution in [0.1, 0.15) is 29.3 Å². The minimum Gasteiger partial charge on any atom is -0.298 e. The van der Waals surface area contributed by atoms with Gasteiger partial charge in [0.1, 0.15) is 12.1 Å². The second kappa shape index (κ2) is 5.58. The van der Waals surface area contributed by atoms with Crippen LogP contribution in [0.25, 0.3) is 11.1 Å². The second-order valence-corrected chi connectivity index (χ2v) is 4.31. The van der Waals surface area contributed by atoms with Crippen LogP contribution in [-0.2, 0) is 6.42 Å². The molecule has 0 aliphatic carbocycles. The van der Waals surface area contributed by atoms with Crippen LogP contribution in [0.3, 0.4) is 0 Å². The normalized spacial score (nSPS) is 10.3. The Hall–Kier alpha value is -1.96. The quantitative estimate of drug-likeness (QED) is 0.732. The van der Waals surface area contributed by atoms with Crippen LogP contribution < -0.4 is 0 Å². The summed E-state index contributed by atoms with van der Waals surface area (Å²) in [5, 5.41) is 0. The van der Waals surface area contributed by atoms with Crippen molar-refractivity contribution in [3.05, 3.63) is 59.4 Å². The molecule has 0 saturated carbocycles. The second-order valence-electron chi connectivity index (χ2n) is 4.31. The molecule has 2 aromatic carbocycles. The summed E-state index contributed by atoms with van der Waals surface area (Å²) in [5.41, 5.74) is 2.98. The van der Waals surface area contributed by atoms with E-state index >= 15 is 0 Å². The van der Waals surface area contributed by atoms with Crippen LogP contribution in [0.15, 0.2) is 42.5 Å². The highest BCUT2D eigenvalue weighted by Gasteiger charge is 2.06. The van der Waals surface area contributed by atoms with Gasteiger partial charge in [-0.1, -0.05) is 37.6 Å². The lowest BCUT2D eigenvalue weighted by atomic mass is 9.99. The number of aryl methyl sites for hydroxylation is 1. The van der Waals surface area contributed by atoms with E-state index in [0.29, 0.717) is 11.1 Å². The minimum atomic E-state index is -0.297. The van der Waals surface area contributed by atoms with Gasteiger partial charge in [-0.3, -0.25) is 4.79 Å². The Balaban J connectivity index is 2.47. The summed E-state index contributed by atoms with van der Waals surface area (Å²) in [6, 6.07) is 12.2. The van der Waals surface area contributed by atoms with E-state index in [1.165, 1.54) is 17.7 Å². The zero-order valence-corrected chi connectivity index (χ0v) is 10.3. The molecule has 0 saturated heterocycles. The van der Waals surface area contributed by atoms with Gasteiger partial charge >= 0.3 is 0 Å². The van der Waals surface area contributed by atoms with Gasteiger partial charge in [0.05, 0.1) is 0 Å². The number of halogens is 1. The Morgan fingerprint density at radius 2 is 2.00 bits per heavy atom. The Labute approximate surface area is 106 Å². The lowest BCUT2D eigenvalue weighted by Gasteiger charge is -2.06. The molecule has 92 valence electrons. The molecular formula is C16H15FO. The summed E-state index contributed by atoms with van der Waals surface area (Å²) in [6.07, 6.45) is 2.77. The van der Waals surface area contributed by atoms with E-state index in [-0.39, 0.29) is 5.82 Å². The lowest BCUT2D eigenvalue weighted by Crippen LogP contribution is -1.90. The van der Waals surface area contributed by atoms with Crippen molar-refractivity contribution in [2.75, 3.05) is 0 Å². The minimum absolute atomic E-state index is 0.297. The first-order valence-corrected chi connectivity index (χ1v) is 6.08. The number of hydrogen-bond acceptors (Lipinski definition) is 1. The van der Waals surface area contributed by atoms with E-state index in [9.17, 15) is 9.18 Å². The first-order chi connectivity index (χ1) is 8.74. The number of carbonyl (C=O) groups excluding carboxylic acids is 1. The van der Waals surface area contributed by atoms with Crippen molar-refractivity contribution in [3.8, 4) is 11.1 Å². The summed E-state index contributed by atoms with van der Waals surface area (Å²) >= 11 is 0. The number of carbonyl (C=O) groups is 1. The van der Waals surface area contributed by atoms with Gasteiger partial charge in [-0.2, -0.15) is 0 Å². The molecule has 0 spiro atoms. The van der Waals surface area contributed by atoms with Crippen molar-refractivity contribution in [1.29, 1.82) is 0 Å². The van der Waals surface area contributed by atoms with Gasteiger partial charge < -0.3 is 0 Å². The van der Waals surface area contributed by atoms with Gasteiger partial charge in [0.25, 0.3) is 0 Å². The van der Waals surface area contributed by atoms with Crippen molar-refractivity contribution in [2.24, 2.45) is 0 Å². The number of hydrogen-bond donors (Lipinski definition) is 0. The zero-order valence-electron chi connectivity index (χ0n) is 10.3. The van der Waals surface area contributed by atoms with Crippen LogP contribution in [0.4, 0.5) is 4.39 Å². The standard InChI is InChI=1S/C16H15FO/c1-2-4-12-5-3-6-14(9-12)15-10-13(11-18)7-8-16(15)17/h3,5-11H,2,4H2,1H3. The van der Waals surface area contributed by atoms with Crippen molar-refractivity contribution in [2.45, 2.75) is 19.8 Å². The highest BCUT2D eigenvalue weighted by Crippen LogP contribution is 2.25. The molecule has 2 heteroatoms. The van der Waals surface area contributed by atoms with E-state index in [0.717, 1.165) is 24.7 Å². The highest BCUT2D eigenvalue weighted by atomic mass is 19.1. The molecule has 0 aliphatic heterocycles. The summed E-state index contributed by atoms with van der Waals surface area (Å²) in [5.74, 6) is -0.297. The molecule has 0 unspecified atom stereocenters. The van der Waals surface area contributed by atoms with Crippen LogP contribution in [0.2, 0.25) is 0 Å². The van der Waals surface area contributed by atoms with Crippen LogP contribution >= 0.6 is 0 Å². The molecule has 0 heterocycles. The molecule has 0 fully saturated rings. The Kier molecular flexibility index (Phi) is 3.88. The molecular weight excluding hydrogens is 227 g/mol. The molecule has 0 radical (unpaired) electrons. The maximum atomic E-state index is 13.8. The van der Waals surface area contributed by atoms with E-state index in [1.54, 1.807) is 6.07 Å². The van der Waals surface area contributed by atoms with Gasteiger partial charge in [-0.15, -0.1) is 0 Å². The number of aldehydes is 1. The van der Waals surface area contributed by atoms with Crippen molar-refractivity contribution in [1.82, 2.24) is 0 Å². The summed E-state index contributed by atoms with van der Waals surface area (Å²) in [4.78, 5) is 10.7. The van der Waals surface area contributed by atoms with E-state index in [2.05, 4.69) is 6.92 Å². The van der Waals surface area contributed by atoms with Gasteiger partial charge in [0, 0.05) is 11.1 Å². The maximum Gasteiger partial charge on any atom is 0.150 e. The third-order valence-electron chi connectivity index (χ3n) is 2.90. The molecule has 2 aromatic rings. The SMILES string of the molecule is CCCc1cccc(-c2cc(C=O)ccc2F)c1.